The molecule has 4 aliphatic rings. The molecule has 178 valence electrons. The molecule has 3 heterocycles. The Hall–Kier alpha value is -3.60. The number of hydrogen-bond acceptors (Lipinski definition) is 3. The van der Waals surface area contributed by atoms with Gasteiger partial charge in [-0.15, -0.1) is 0 Å². The Balaban J connectivity index is 1.70. The van der Waals surface area contributed by atoms with Gasteiger partial charge in [0.05, 0.1) is 18.1 Å². The van der Waals surface area contributed by atoms with Gasteiger partial charge in [0.25, 0.3) is 0 Å². The van der Waals surface area contributed by atoms with Crippen molar-refractivity contribution < 1.29 is 14.3 Å². The molecule has 3 aliphatic heterocycles. The summed E-state index contributed by atoms with van der Waals surface area (Å²) < 4.78 is 8.87. The minimum atomic E-state index is -0.919. The predicted molar refractivity (Wildman–Crippen MR) is 140 cm³/mol. The van der Waals surface area contributed by atoms with Crippen LogP contribution >= 0.6 is 0 Å². The number of carboxylic acids is 1. The van der Waals surface area contributed by atoms with Gasteiger partial charge in [-0.25, -0.2) is 9.37 Å². The molecule has 0 saturated carbocycles. The highest BCUT2D eigenvalue weighted by Crippen LogP contribution is 2.43. The van der Waals surface area contributed by atoms with Crippen LogP contribution in [0.3, 0.4) is 0 Å². The van der Waals surface area contributed by atoms with Crippen molar-refractivity contribution in [1.82, 2.24) is 4.58 Å². The number of carboxylic acid groups (broad SMARTS) is 1. The standard InChI is InChI=1S/C30H30N2O3/c1-30(2,3)19-6-9-22(29(33)34)25(16-19)28-23-10-7-20(31-12-4-13-31)17-26(23)35-27-18-21(8-11-24(27)28)32-14-5-15-32/h6-11,16-18H,4-5,12-15H2,1-3H3/p+1. The van der Waals surface area contributed by atoms with Crippen LogP contribution in [0.15, 0.2) is 59.0 Å². The van der Waals surface area contributed by atoms with Crippen LogP contribution in [-0.4, -0.2) is 37.3 Å². The normalized spacial score (nSPS) is 15.9. The number of fused-ring (bicyclic) bond motifs is 2. The second-order valence-electron chi connectivity index (χ2n) is 10.8. The zero-order chi connectivity index (χ0) is 24.3. The van der Waals surface area contributed by atoms with Gasteiger partial charge >= 0.3 is 5.97 Å². The van der Waals surface area contributed by atoms with Crippen molar-refractivity contribution in [3.05, 3.63) is 71.1 Å². The van der Waals surface area contributed by atoms with Crippen LogP contribution in [0.1, 0.15) is 49.5 Å². The molecule has 35 heavy (non-hydrogen) atoms. The quantitative estimate of drug-likeness (QED) is 0.315. The van der Waals surface area contributed by atoms with Crippen molar-refractivity contribution in [2.24, 2.45) is 0 Å². The van der Waals surface area contributed by atoms with Crippen molar-refractivity contribution in [3.63, 3.8) is 0 Å². The molecule has 0 aromatic heterocycles. The highest BCUT2D eigenvalue weighted by molar-refractivity contribution is 6.08. The Labute approximate surface area is 205 Å². The number of hydrogen-bond donors (Lipinski definition) is 1. The molecule has 2 aromatic carbocycles. The maximum Gasteiger partial charge on any atom is 0.336 e. The molecular formula is C30H31N2O3+. The molecule has 0 spiro atoms. The third-order valence-corrected chi connectivity index (χ3v) is 7.52. The van der Waals surface area contributed by atoms with E-state index in [1.54, 1.807) is 6.07 Å². The second kappa shape index (κ2) is 7.98. The molecule has 1 aliphatic carbocycles. The first-order valence-electron chi connectivity index (χ1n) is 12.5. The zero-order valence-electron chi connectivity index (χ0n) is 20.6. The number of nitrogens with zero attached hydrogens (tertiary/aromatic N) is 2. The van der Waals surface area contributed by atoms with Gasteiger partial charge in [-0.05, 0) is 53.3 Å². The summed E-state index contributed by atoms with van der Waals surface area (Å²) in [7, 11) is 0. The van der Waals surface area contributed by atoms with E-state index in [1.165, 1.54) is 12.8 Å². The van der Waals surface area contributed by atoms with E-state index in [1.807, 2.05) is 6.07 Å². The van der Waals surface area contributed by atoms with Gasteiger partial charge in [0, 0.05) is 47.4 Å². The maximum absolute atomic E-state index is 12.4. The molecule has 0 radical (unpaired) electrons. The molecule has 5 nitrogen and oxygen atoms in total. The average Bonchev–Trinajstić information content (AvgIpc) is 2.74. The van der Waals surface area contributed by atoms with E-state index in [0.29, 0.717) is 5.56 Å². The molecule has 2 saturated heterocycles. The average molecular weight is 468 g/mol. The third-order valence-electron chi connectivity index (χ3n) is 7.52. The number of benzene rings is 3. The first kappa shape index (κ1) is 21.9. The van der Waals surface area contributed by atoms with Crippen molar-refractivity contribution >= 4 is 22.6 Å². The van der Waals surface area contributed by atoms with Crippen LogP contribution in [0.5, 0.6) is 0 Å². The Morgan fingerprint density at radius 1 is 0.943 bits per heavy atom. The van der Waals surface area contributed by atoms with Crippen molar-refractivity contribution in [2.45, 2.75) is 39.0 Å². The predicted octanol–water partition coefficient (Wildman–Crippen LogP) is 5.59. The lowest BCUT2D eigenvalue weighted by Gasteiger charge is -2.33. The van der Waals surface area contributed by atoms with Crippen molar-refractivity contribution in [2.75, 3.05) is 31.1 Å². The molecule has 2 aromatic rings. The van der Waals surface area contributed by atoms with E-state index in [2.05, 4.69) is 72.7 Å². The third kappa shape index (κ3) is 3.70. The summed E-state index contributed by atoms with van der Waals surface area (Å²) in [5, 5.41) is 12.2. The van der Waals surface area contributed by atoms with Crippen molar-refractivity contribution in [1.29, 1.82) is 0 Å². The Morgan fingerprint density at radius 3 is 2.37 bits per heavy atom. The van der Waals surface area contributed by atoms with E-state index < -0.39 is 5.97 Å². The largest absolute Gasteiger partial charge is 0.478 e. The fraction of sp³-hybridized carbons (Fsp3) is 0.333. The summed E-state index contributed by atoms with van der Waals surface area (Å²) in [5.74, 6) is -0.132. The van der Waals surface area contributed by atoms with Gasteiger partial charge in [0.15, 0.2) is 0 Å². The Bertz CT molecular complexity index is 1510. The molecular weight excluding hydrogens is 436 g/mol. The first-order chi connectivity index (χ1) is 16.8. The molecule has 2 fully saturated rings. The molecule has 0 amide bonds. The fourth-order valence-electron chi connectivity index (χ4n) is 5.10. The maximum atomic E-state index is 12.4. The molecule has 1 N–H and O–H groups in total. The summed E-state index contributed by atoms with van der Waals surface area (Å²) in [4.78, 5) is 14.7. The minimum Gasteiger partial charge on any atom is -0.478 e. The molecule has 0 bridgehead atoms. The monoisotopic (exact) mass is 467 g/mol. The Morgan fingerprint density at radius 2 is 1.74 bits per heavy atom. The molecule has 6 rings (SSSR count). The zero-order valence-corrected chi connectivity index (χ0v) is 20.6. The lowest BCUT2D eigenvalue weighted by Crippen LogP contribution is -2.40. The number of aromatic carboxylic acids is 1. The van der Waals surface area contributed by atoms with Gasteiger partial charge in [0.2, 0.25) is 5.36 Å². The summed E-state index contributed by atoms with van der Waals surface area (Å²) >= 11 is 0. The van der Waals surface area contributed by atoms with E-state index >= 15 is 0 Å². The summed E-state index contributed by atoms with van der Waals surface area (Å²) in [6.45, 7) is 10.7. The van der Waals surface area contributed by atoms with Crippen LogP contribution < -0.4 is 14.8 Å². The van der Waals surface area contributed by atoms with E-state index in [4.69, 9.17) is 4.42 Å². The number of rotatable bonds is 3. The molecule has 5 heteroatoms. The highest BCUT2D eigenvalue weighted by Gasteiger charge is 2.26. The van der Waals surface area contributed by atoms with Gasteiger partial charge in [0.1, 0.15) is 24.4 Å². The second-order valence-corrected chi connectivity index (χ2v) is 10.8. The highest BCUT2D eigenvalue weighted by atomic mass is 16.4. The van der Waals surface area contributed by atoms with E-state index in [-0.39, 0.29) is 5.41 Å². The van der Waals surface area contributed by atoms with Crippen LogP contribution in [0.25, 0.3) is 33.4 Å². The van der Waals surface area contributed by atoms with E-state index in [9.17, 15) is 9.90 Å². The van der Waals surface area contributed by atoms with E-state index in [0.717, 1.165) is 76.2 Å². The summed E-state index contributed by atoms with van der Waals surface area (Å²) in [6.07, 6.45) is 2.41. The van der Waals surface area contributed by atoms with Crippen LogP contribution in [0, 0.1) is 0 Å². The topological polar surface area (TPSA) is 56.7 Å². The van der Waals surface area contributed by atoms with Crippen molar-refractivity contribution in [3.8, 4) is 22.5 Å². The lowest BCUT2D eigenvalue weighted by molar-refractivity contribution is 0.0697. The van der Waals surface area contributed by atoms with Gasteiger partial charge in [-0.2, -0.15) is 0 Å². The van der Waals surface area contributed by atoms with Gasteiger partial charge < -0.3 is 14.4 Å². The Kier molecular flexibility index (Phi) is 4.99. The molecule has 0 atom stereocenters. The van der Waals surface area contributed by atoms with Crippen LogP contribution in [0.2, 0.25) is 0 Å². The summed E-state index contributed by atoms with van der Waals surface area (Å²) in [5.41, 5.74) is 5.85. The number of carbonyl (C=O) groups is 1. The smallest absolute Gasteiger partial charge is 0.336 e. The fourth-order valence-corrected chi connectivity index (χ4v) is 5.10. The van der Waals surface area contributed by atoms with Crippen LogP contribution in [0.4, 0.5) is 5.69 Å². The minimum absolute atomic E-state index is 0.105. The molecule has 0 unspecified atom stereocenters. The SMILES string of the molecule is CC(C)(C)c1ccc(C(=O)O)c(-c2c3ccc(=[N+]4CCC4)cc-3oc3cc(N4CCC4)ccc23)c1. The van der Waals surface area contributed by atoms with Crippen LogP contribution in [-0.2, 0) is 5.41 Å². The summed E-state index contributed by atoms with van der Waals surface area (Å²) in [6, 6.07) is 18.4. The number of anilines is 1. The first-order valence-corrected chi connectivity index (χ1v) is 12.5. The van der Waals surface area contributed by atoms with Gasteiger partial charge in [-0.1, -0.05) is 26.8 Å². The lowest BCUT2D eigenvalue weighted by atomic mass is 9.82. The van der Waals surface area contributed by atoms with Gasteiger partial charge in [-0.3, -0.25) is 0 Å².